The maximum absolute atomic E-state index is 13.2. The second kappa shape index (κ2) is 11.8. The van der Waals surface area contributed by atoms with Crippen molar-refractivity contribution in [3.8, 4) is 0 Å². The van der Waals surface area contributed by atoms with Crippen molar-refractivity contribution in [1.82, 2.24) is 25.5 Å². The summed E-state index contributed by atoms with van der Waals surface area (Å²) >= 11 is 7.05. The molecule has 1 fully saturated rings. The Morgan fingerprint density at radius 3 is 2.66 bits per heavy atom. The van der Waals surface area contributed by atoms with E-state index in [4.69, 9.17) is 21.2 Å². The molecule has 0 radical (unpaired) electrons. The molecule has 2 aliphatic heterocycles. The Bertz CT molecular complexity index is 1360. The van der Waals surface area contributed by atoms with Crippen molar-refractivity contribution in [2.24, 2.45) is 11.1 Å². The lowest BCUT2D eigenvalue weighted by Crippen LogP contribution is -2.57. The molecule has 2 aromatic heterocycles. The molecular formula is C24H25ClF3N7O5S. The Labute approximate surface area is 240 Å². The van der Waals surface area contributed by atoms with Crippen molar-refractivity contribution in [2.75, 3.05) is 18.9 Å². The smallest absolute Gasteiger partial charge is 0.429 e. The maximum atomic E-state index is 13.2. The number of nitrogens with zero attached hydrogens (tertiary/aromatic N) is 4. The lowest BCUT2D eigenvalue weighted by molar-refractivity contribution is -0.137. The average Bonchev–Trinajstić information content (AvgIpc) is 3.58. The number of fused-ring (bicyclic) bond motifs is 1. The van der Waals surface area contributed by atoms with Crippen LogP contribution in [0.15, 0.2) is 23.5 Å². The monoisotopic (exact) mass is 615 g/mol. The summed E-state index contributed by atoms with van der Waals surface area (Å²) in [5, 5.41) is 11.4. The number of aromatic nitrogens is 2. The molecule has 0 saturated heterocycles. The highest BCUT2D eigenvalue weighted by Crippen LogP contribution is 2.34. The first-order valence-electron chi connectivity index (χ1n) is 12.7. The summed E-state index contributed by atoms with van der Waals surface area (Å²) in [4.78, 5) is 54.9. The number of pyridine rings is 1. The topological polar surface area (TPSA) is 147 Å². The SMILES string of the molecule is CN1CCc2nc(C(=O)N[C@@H]3C[C@@H](C4ON=C(C(F)(F)F)O4)CC[C@@H]3NC(=O)C(=O)Nc3ccc(Cl)cn3)sc2C1. The number of oxime groups is 1. The lowest BCUT2D eigenvalue weighted by Gasteiger charge is -2.37. The summed E-state index contributed by atoms with van der Waals surface area (Å²) in [5.41, 5.74) is 0.849. The van der Waals surface area contributed by atoms with E-state index in [1.165, 1.54) is 29.7 Å². The minimum atomic E-state index is -4.81. The third-order valence-corrected chi connectivity index (χ3v) is 8.21. The van der Waals surface area contributed by atoms with Crippen molar-refractivity contribution in [2.45, 2.75) is 56.8 Å². The van der Waals surface area contributed by atoms with Crippen LogP contribution in [-0.2, 0) is 32.1 Å². The highest BCUT2D eigenvalue weighted by molar-refractivity contribution is 7.13. The van der Waals surface area contributed by atoms with E-state index in [0.29, 0.717) is 18.0 Å². The van der Waals surface area contributed by atoms with Gasteiger partial charge in [0.2, 0.25) is 0 Å². The van der Waals surface area contributed by atoms with Gasteiger partial charge in [-0.25, -0.2) is 9.97 Å². The standard InChI is InChI=1S/C24H25ClF3N7O5S/c1-35-7-6-14-16(10-35)41-21(32-14)20(38)31-15-8-11(22-39-23(34-40-22)24(26,27)28)2-4-13(15)30-18(36)19(37)33-17-5-3-12(25)9-29-17/h3,5,9,11,13,15,22H,2,4,6-8,10H2,1H3,(H,30,36)(H,31,38)(H,29,33,37)/t11-,13-,15+,22?/m0/s1. The van der Waals surface area contributed by atoms with Gasteiger partial charge in [0.15, 0.2) is 5.01 Å². The van der Waals surface area contributed by atoms with Crippen molar-refractivity contribution >= 4 is 52.4 Å². The van der Waals surface area contributed by atoms with Crippen molar-refractivity contribution in [3.05, 3.63) is 38.9 Å². The first kappa shape index (κ1) is 29.0. The van der Waals surface area contributed by atoms with Gasteiger partial charge < -0.3 is 30.4 Å². The second-order valence-corrected chi connectivity index (χ2v) is 11.4. The fourth-order valence-corrected chi connectivity index (χ4v) is 6.05. The Hall–Kier alpha value is -3.50. The third-order valence-electron chi connectivity index (χ3n) is 6.91. The summed E-state index contributed by atoms with van der Waals surface area (Å²) in [5.74, 6) is -4.43. The number of hydrogen-bond acceptors (Lipinski definition) is 10. The van der Waals surface area contributed by atoms with E-state index in [1.807, 2.05) is 7.05 Å². The third kappa shape index (κ3) is 6.87. The molecule has 0 aromatic carbocycles. The molecule has 3 aliphatic rings. The van der Waals surface area contributed by atoms with Gasteiger partial charge in [0.05, 0.1) is 10.7 Å². The number of carbonyl (C=O) groups excluding carboxylic acids is 3. The molecule has 3 N–H and O–H groups in total. The second-order valence-electron chi connectivity index (χ2n) is 9.91. The summed E-state index contributed by atoms with van der Waals surface area (Å²) in [6, 6.07) is 1.41. The van der Waals surface area contributed by atoms with E-state index in [-0.39, 0.29) is 30.1 Å². The molecule has 5 rings (SSSR count). The molecule has 1 unspecified atom stereocenters. The van der Waals surface area contributed by atoms with Crippen LogP contribution < -0.4 is 16.0 Å². The van der Waals surface area contributed by atoms with Crippen molar-refractivity contribution < 1.29 is 37.1 Å². The first-order chi connectivity index (χ1) is 19.5. The van der Waals surface area contributed by atoms with Gasteiger partial charge in [0.25, 0.3) is 12.2 Å². The van der Waals surface area contributed by atoms with Gasteiger partial charge in [-0.3, -0.25) is 14.4 Å². The van der Waals surface area contributed by atoms with E-state index in [1.54, 1.807) is 0 Å². The molecule has 12 nitrogen and oxygen atoms in total. The molecule has 220 valence electrons. The van der Waals surface area contributed by atoms with E-state index in [0.717, 1.165) is 17.1 Å². The zero-order valence-corrected chi connectivity index (χ0v) is 23.1. The van der Waals surface area contributed by atoms with Crippen molar-refractivity contribution in [3.63, 3.8) is 0 Å². The fraction of sp³-hybridized carbons (Fsp3) is 0.500. The zero-order chi connectivity index (χ0) is 29.3. The number of halogens is 4. The Kier molecular flexibility index (Phi) is 8.33. The molecule has 0 bridgehead atoms. The minimum absolute atomic E-state index is 0.0796. The van der Waals surface area contributed by atoms with Gasteiger partial charge in [-0.2, -0.15) is 13.2 Å². The number of anilines is 1. The van der Waals surface area contributed by atoms with Crippen LogP contribution in [0.25, 0.3) is 0 Å². The number of ether oxygens (including phenoxy) is 1. The Morgan fingerprint density at radius 1 is 1.15 bits per heavy atom. The normalized spacial score (nSPS) is 24.4. The van der Waals surface area contributed by atoms with Crippen LogP contribution in [0.3, 0.4) is 0 Å². The largest absolute Gasteiger partial charge is 0.471 e. The zero-order valence-electron chi connectivity index (χ0n) is 21.5. The molecule has 4 heterocycles. The number of likely N-dealkylation sites (N-methyl/N-ethyl adjacent to an activating group) is 1. The molecule has 3 amide bonds. The lowest BCUT2D eigenvalue weighted by atomic mass is 9.81. The van der Waals surface area contributed by atoms with Gasteiger partial charge in [-0.05, 0) is 43.6 Å². The van der Waals surface area contributed by atoms with Crippen molar-refractivity contribution in [1.29, 1.82) is 0 Å². The number of alkyl halides is 3. The molecule has 2 aromatic rings. The van der Waals surface area contributed by atoms with Crippen LogP contribution in [-0.4, -0.2) is 76.6 Å². The number of hydrogen-bond donors (Lipinski definition) is 3. The number of nitrogens with one attached hydrogen (secondary N) is 3. The Morgan fingerprint density at radius 2 is 1.95 bits per heavy atom. The van der Waals surface area contributed by atoms with Crippen LogP contribution in [0.4, 0.5) is 19.0 Å². The van der Waals surface area contributed by atoms with E-state index >= 15 is 0 Å². The Balaban J connectivity index is 1.28. The van der Waals surface area contributed by atoms with Crippen LogP contribution in [0.2, 0.25) is 5.02 Å². The number of thiazole rings is 1. The predicted molar refractivity (Wildman–Crippen MR) is 140 cm³/mol. The van der Waals surface area contributed by atoms with Crippen LogP contribution >= 0.6 is 22.9 Å². The van der Waals surface area contributed by atoms with Gasteiger partial charge >= 0.3 is 23.9 Å². The molecule has 17 heteroatoms. The van der Waals surface area contributed by atoms with E-state index in [9.17, 15) is 27.6 Å². The number of carbonyl (C=O) groups is 3. The summed E-state index contributed by atoms with van der Waals surface area (Å²) < 4.78 is 44.0. The van der Waals surface area contributed by atoms with Gasteiger partial charge in [-0.1, -0.05) is 11.6 Å². The van der Waals surface area contributed by atoms with Crippen LogP contribution in [0, 0.1) is 5.92 Å². The molecule has 0 spiro atoms. The molecule has 4 atom stereocenters. The first-order valence-corrected chi connectivity index (χ1v) is 13.8. The highest BCUT2D eigenvalue weighted by atomic mass is 35.5. The average molecular weight is 616 g/mol. The number of amides is 3. The highest BCUT2D eigenvalue weighted by Gasteiger charge is 2.48. The molecule has 41 heavy (non-hydrogen) atoms. The number of rotatable bonds is 5. The molecule has 1 aliphatic carbocycles. The van der Waals surface area contributed by atoms with Gasteiger partial charge in [0.1, 0.15) is 5.82 Å². The predicted octanol–water partition coefficient (Wildman–Crippen LogP) is 2.45. The molecular weight excluding hydrogens is 591 g/mol. The van der Waals surface area contributed by atoms with Crippen LogP contribution in [0.5, 0.6) is 0 Å². The van der Waals surface area contributed by atoms with E-state index < -0.39 is 54.1 Å². The fourth-order valence-electron chi connectivity index (χ4n) is 4.84. The quantitative estimate of drug-likeness (QED) is 0.435. The molecule has 1 saturated carbocycles. The van der Waals surface area contributed by atoms with E-state index in [2.05, 4.69) is 36.0 Å². The van der Waals surface area contributed by atoms with Gasteiger partial charge in [0, 0.05) is 48.6 Å². The minimum Gasteiger partial charge on any atom is -0.429 e. The summed E-state index contributed by atoms with van der Waals surface area (Å²) in [6.07, 6.45) is -3.57. The van der Waals surface area contributed by atoms with Gasteiger partial charge in [-0.15, -0.1) is 11.3 Å². The maximum Gasteiger partial charge on any atom is 0.471 e. The van der Waals surface area contributed by atoms with Crippen LogP contribution in [0.1, 0.15) is 39.6 Å². The summed E-state index contributed by atoms with van der Waals surface area (Å²) in [6.45, 7) is 1.48. The summed E-state index contributed by atoms with van der Waals surface area (Å²) in [7, 11) is 1.97.